The van der Waals surface area contributed by atoms with E-state index in [1.807, 2.05) is 0 Å². The van der Waals surface area contributed by atoms with Crippen LogP contribution in [0.4, 0.5) is 5.69 Å². The van der Waals surface area contributed by atoms with E-state index in [0.29, 0.717) is 18.4 Å². The molecule has 8 nitrogen and oxygen atoms in total. The van der Waals surface area contributed by atoms with Gasteiger partial charge in [0.2, 0.25) is 5.89 Å². The van der Waals surface area contributed by atoms with Gasteiger partial charge in [0.05, 0.1) is 25.2 Å². The lowest BCUT2D eigenvalue weighted by molar-refractivity contribution is -0.385. The number of fused-ring (bicyclic) bond motifs is 1. The number of benzene rings is 1. The van der Waals surface area contributed by atoms with Crippen LogP contribution >= 0.6 is 0 Å². The first-order chi connectivity index (χ1) is 11.5. The van der Waals surface area contributed by atoms with Crippen molar-refractivity contribution >= 4 is 22.8 Å². The molecule has 3 rings (SSSR count). The number of methoxy groups -OCH3 is 2. The molecular weight excluding hydrogens is 316 g/mol. The fourth-order valence-electron chi connectivity index (χ4n) is 3.31. The highest BCUT2D eigenvalue weighted by Gasteiger charge is 2.46. The van der Waals surface area contributed by atoms with E-state index in [0.717, 1.165) is 19.3 Å². The third-order valence-corrected chi connectivity index (χ3v) is 4.58. The highest BCUT2D eigenvalue weighted by Crippen LogP contribution is 2.42. The zero-order chi connectivity index (χ0) is 17.3. The summed E-state index contributed by atoms with van der Waals surface area (Å²) >= 11 is 0. The highest BCUT2D eigenvalue weighted by molar-refractivity contribution is 5.84. The number of nitro benzene ring substituents is 1. The number of hydrogen-bond donors (Lipinski definition) is 0. The zero-order valence-electron chi connectivity index (χ0n) is 13.5. The van der Waals surface area contributed by atoms with Crippen LogP contribution in [0.5, 0.6) is 5.75 Å². The first kappa shape index (κ1) is 16.2. The molecule has 0 N–H and O–H groups in total. The number of nitro groups is 1. The summed E-state index contributed by atoms with van der Waals surface area (Å²) in [6.45, 7) is 0. The van der Waals surface area contributed by atoms with Crippen molar-refractivity contribution in [1.82, 2.24) is 4.98 Å². The summed E-state index contributed by atoms with van der Waals surface area (Å²) in [5, 5.41) is 11.1. The monoisotopic (exact) mass is 334 g/mol. The number of esters is 1. The smallest absolute Gasteiger partial charge is 0.321 e. The SMILES string of the molecule is COC(=O)C1(c2nc3cc(OC)c([N+](=O)[O-])cc3o2)CCCCC1. The molecule has 1 aliphatic carbocycles. The van der Waals surface area contributed by atoms with Crippen molar-refractivity contribution in [2.75, 3.05) is 14.2 Å². The second-order valence-corrected chi connectivity index (χ2v) is 5.90. The van der Waals surface area contributed by atoms with Crippen LogP contribution in [-0.2, 0) is 14.9 Å². The minimum absolute atomic E-state index is 0.100. The molecule has 1 heterocycles. The predicted octanol–water partition coefficient (Wildman–Crippen LogP) is 3.12. The van der Waals surface area contributed by atoms with Gasteiger partial charge in [0.15, 0.2) is 11.3 Å². The molecule has 0 spiro atoms. The fourth-order valence-corrected chi connectivity index (χ4v) is 3.31. The Kier molecular flexibility index (Phi) is 4.13. The lowest BCUT2D eigenvalue weighted by atomic mass is 9.74. The van der Waals surface area contributed by atoms with E-state index >= 15 is 0 Å². The predicted molar refractivity (Wildman–Crippen MR) is 84.0 cm³/mol. The van der Waals surface area contributed by atoms with Crippen molar-refractivity contribution in [2.24, 2.45) is 0 Å². The number of aromatic nitrogens is 1. The minimum Gasteiger partial charge on any atom is -0.490 e. The second kappa shape index (κ2) is 6.10. The molecule has 1 saturated carbocycles. The van der Waals surface area contributed by atoms with Crippen molar-refractivity contribution in [3.8, 4) is 5.75 Å². The van der Waals surface area contributed by atoms with Crippen LogP contribution < -0.4 is 4.74 Å². The van der Waals surface area contributed by atoms with Gasteiger partial charge < -0.3 is 13.9 Å². The van der Waals surface area contributed by atoms with Crippen molar-refractivity contribution in [3.63, 3.8) is 0 Å². The minimum atomic E-state index is -0.923. The summed E-state index contributed by atoms with van der Waals surface area (Å²) in [5.41, 5.74) is -0.454. The number of oxazole rings is 1. The van der Waals surface area contributed by atoms with E-state index in [4.69, 9.17) is 13.9 Å². The molecule has 0 radical (unpaired) electrons. The Balaban J connectivity index is 2.15. The van der Waals surface area contributed by atoms with Crippen molar-refractivity contribution in [2.45, 2.75) is 37.5 Å². The van der Waals surface area contributed by atoms with Gasteiger partial charge in [-0.25, -0.2) is 4.98 Å². The number of hydrogen-bond acceptors (Lipinski definition) is 7. The molecule has 128 valence electrons. The molecule has 0 unspecified atom stereocenters. The Bertz CT molecular complexity index is 791. The molecule has 0 amide bonds. The Morgan fingerprint density at radius 2 is 2.00 bits per heavy atom. The van der Waals surface area contributed by atoms with Crippen molar-refractivity contribution < 1.29 is 23.6 Å². The maximum Gasteiger partial charge on any atom is 0.321 e. The third-order valence-electron chi connectivity index (χ3n) is 4.58. The normalized spacial score (nSPS) is 16.8. The molecule has 1 aliphatic rings. The van der Waals surface area contributed by atoms with Crippen LogP contribution in [0.3, 0.4) is 0 Å². The maximum atomic E-state index is 12.4. The summed E-state index contributed by atoms with van der Waals surface area (Å²) in [7, 11) is 2.70. The summed E-state index contributed by atoms with van der Waals surface area (Å²) in [5.74, 6) is -0.0232. The standard InChI is InChI=1S/C16H18N2O6/c1-22-13-8-10-12(9-11(13)18(20)21)24-14(17-10)16(15(19)23-2)6-4-3-5-7-16/h8-9H,3-7H2,1-2H3. The van der Waals surface area contributed by atoms with Gasteiger partial charge in [-0.1, -0.05) is 19.3 Å². The number of rotatable bonds is 4. The van der Waals surface area contributed by atoms with Gasteiger partial charge in [-0.2, -0.15) is 0 Å². The number of carbonyl (C=O) groups is 1. The fraction of sp³-hybridized carbons (Fsp3) is 0.500. The van der Waals surface area contributed by atoms with E-state index in [1.54, 1.807) is 0 Å². The maximum absolute atomic E-state index is 12.4. The Morgan fingerprint density at radius 3 is 2.58 bits per heavy atom. The van der Waals surface area contributed by atoms with Crippen LogP contribution in [0.2, 0.25) is 0 Å². The summed E-state index contributed by atoms with van der Waals surface area (Å²) in [6.07, 6.45) is 3.96. The van der Waals surface area contributed by atoms with Gasteiger partial charge in [0, 0.05) is 6.07 Å². The van der Waals surface area contributed by atoms with Gasteiger partial charge in [0.1, 0.15) is 10.9 Å². The van der Waals surface area contributed by atoms with Gasteiger partial charge >= 0.3 is 11.7 Å². The molecule has 1 fully saturated rings. The van der Waals surface area contributed by atoms with Gasteiger partial charge in [0.25, 0.3) is 0 Å². The van der Waals surface area contributed by atoms with Crippen LogP contribution in [-0.4, -0.2) is 30.1 Å². The molecule has 0 atom stereocenters. The van der Waals surface area contributed by atoms with Crippen molar-refractivity contribution in [3.05, 3.63) is 28.1 Å². The highest BCUT2D eigenvalue weighted by atomic mass is 16.6. The Morgan fingerprint density at radius 1 is 1.29 bits per heavy atom. The van der Waals surface area contributed by atoms with Crippen LogP contribution in [0.1, 0.15) is 38.0 Å². The van der Waals surface area contributed by atoms with E-state index in [1.165, 1.54) is 26.4 Å². The second-order valence-electron chi connectivity index (χ2n) is 5.90. The summed E-state index contributed by atoms with van der Waals surface area (Å²) in [6, 6.07) is 2.73. The summed E-state index contributed by atoms with van der Waals surface area (Å²) in [4.78, 5) is 27.4. The molecule has 1 aromatic heterocycles. The lowest BCUT2D eigenvalue weighted by Gasteiger charge is -2.31. The topological polar surface area (TPSA) is 105 Å². The molecule has 24 heavy (non-hydrogen) atoms. The van der Waals surface area contributed by atoms with E-state index in [2.05, 4.69) is 4.98 Å². The molecule has 1 aromatic carbocycles. The molecule has 0 aliphatic heterocycles. The Labute approximate surface area is 137 Å². The molecule has 8 heteroatoms. The first-order valence-corrected chi connectivity index (χ1v) is 7.73. The van der Waals surface area contributed by atoms with Crippen LogP contribution in [0.25, 0.3) is 11.1 Å². The first-order valence-electron chi connectivity index (χ1n) is 7.73. The van der Waals surface area contributed by atoms with Gasteiger partial charge in [-0.3, -0.25) is 14.9 Å². The van der Waals surface area contributed by atoms with Crippen LogP contribution in [0.15, 0.2) is 16.5 Å². The third kappa shape index (κ3) is 2.47. The molecule has 2 aromatic rings. The summed E-state index contributed by atoms with van der Waals surface area (Å²) < 4.78 is 15.8. The lowest BCUT2D eigenvalue weighted by Crippen LogP contribution is -2.39. The quantitative estimate of drug-likeness (QED) is 0.480. The van der Waals surface area contributed by atoms with Crippen LogP contribution in [0, 0.1) is 10.1 Å². The largest absolute Gasteiger partial charge is 0.490 e. The molecule has 0 bridgehead atoms. The average molecular weight is 334 g/mol. The van der Waals surface area contributed by atoms with Gasteiger partial charge in [-0.05, 0) is 12.8 Å². The Hall–Kier alpha value is -2.64. The number of ether oxygens (including phenoxy) is 2. The van der Waals surface area contributed by atoms with Gasteiger partial charge in [-0.15, -0.1) is 0 Å². The number of carbonyl (C=O) groups excluding carboxylic acids is 1. The van der Waals surface area contributed by atoms with E-state index in [-0.39, 0.29) is 28.9 Å². The van der Waals surface area contributed by atoms with Crippen molar-refractivity contribution in [1.29, 1.82) is 0 Å². The molecular formula is C16H18N2O6. The molecule has 0 saturated heterocycles. The van der Waals surface area contributed by atoms with E-state index in [9.17, 15) is 14.9 Å². The average Bonchev–Trinajstić information content (AvgIpc) is 3.03. The van der Waals surface area contributed by atoms with E-state index < -0.39 is 10.3 Å². The zero-order valence-corrected chi connectivity index (χ0v) is 13.5. The number of nitrogens with zero attached hydrogens (tertiary/aromatic N) is 2.